The maximum Gasteiger partial charge on any atom is 0.410 e. The number of rotatable bonds is 3. The number of hydrogen-bond acceptors (Lipinski definition) is 5. The van der Waals surface area contributed by atoms with E-state index in [1.165, 1.54) is 12.1 Å². The second-order valence-electron chi connectivity index (χ2n) is 9.01. The normalized spacial score (nSPS) is 16.9. The number of piperidine rings is 1. The summed E-state index contributed by atoms with van der Waals surface area (Å²) in [4.78, 5) is 40.6. The van der Waals surface area contributed by atoms with Gasteiger partial charge in [-0.3, -0.25) is 9.59 Å². The summed E-state index contributed by atoms with van der Waals surface area (Å²) in [7, 11) is 0. The predicted molar refractivity (Wildman–Crippen MR) is 118 cm³/mol. The topological polar surface area (TPSA) is 79.0 Å². The van der Waals surface area contributed by atoms with Crippen molar-refractivity contribution in [3.05, 3.63) is 59.4 Å². The van der Waals surface area contributed by atoms with E-state index < -0.39 is 23.2 Å². The molecule has 0 radical (unpaired) electrons. The summed E-state index contributed by atoms with van der Waals surface area (Å²) in [5, 5.41) is 3.28. The van der Waals surface area contributed by atoms with Gasteiger partial charge in [-0.05, 0) is 57.9 Å². The molecular formula is C24H26FN3O4. The number of carbonyl (C=O) groups excluding carboxylic acids is 3. The second kappa shape index (κ2) is 8.26. The molecule has 2 heterocycles. The van der Waals surface area contributed by atoms with Gasteiger partial charge in [0.25, 0.3) is 11.8 Å². The van der Waals surface area contributed by atoms with Crippen molar-refractivity contribution < 1.29 is 23.5 Å². The van der Waals surface area contributed by atoms with Crippen molar-refractivity contribution in [2.75, 3.05) is 23.3 Å². The number of anilines is 2. The van der Waals surface area contributed by atoms with E-state index >= 15 is 0 Å². The Morgan fingerprint density at radius 3 is 2.16 bits per heavy atom. The van der Waals surface area contributed by atoms with E-state index in [0.29, 0.717) is 31.6 Å². The average molecular weight is 439 g/mol. The number of nitrogens with zero attached hydrogens (tertiary/aromatic N) is 2. The van der Waals surface area contributed by atoms with Crippen LogP contribution in [0.2, 0.25) is 0 Å². The number of benzene rings is 2. The Bertz CT molecular complexity index is 1040. The molecule has 2 aliphatic heterocycles. The van der Waals surface area contributed by atoms with Crippen LogP contribution in [0.15, 0.2) is 42.5 Å². The van der Waals surface area contributed by atoms with E-state index in [0.717, 1.165) is 4.90 Å². The summed E-state index contributed by atoms with van der Waals surface area (Å²) >= 11 is 0. The van der Waals surface area contributed by atoms with Crippen molar-refractivity contribution in [2.24, 2.45) is 0 Å². The zero-order valence-corrected chi connectivity index (χ0v) is 18.4. The number of amides is 3. The molecular weight excluding hydrogens is 413 g/mol. The summed E-state index contributed by atoms with van der Waals surface area (Å²) in [6.45, 7) is 6.45. The number of imide groups is 1. The Labute approximate surface area is 186 Å². The lowest BCUT2D eigenvalue weighted by Gasteiger charge is -2.34. The Morgan fingerprint density at radius 2 is 1.59 bits per heavy atom. The van der Waals surface area contributed by atoms with Crippen LogP contribution >= 0.6 is 0 Å². The van der Waals surface area contributed by atoms with E-state index in [1.807, 2.05) is 20.8 Å². The van der Waals surface area contributed by atoms with Crippen molar-refractivity contribution in [1.29, 1.82) is 0 Å². The smallest absolute Gasteiger partial charge is 0.410 e. The number of ether oxygens (including phenoxy) is 1. The number of para-hydroxylation sites is 1. The lowest BCUT2D eigenvalue weighted by atomic mass is 10.0. The third kappa shape index (κ3) is 4.17. The molecule has 4 rings (SSSR count). The molecule has 0 aliphatic carbocycles. The van der Waals surface area contributed by atoms with Gasteiger partial charge in [-0.15, -0.1) is 0 Å². The lowest BCUT2D eigenvalue weighted by Crippen LogP contribution is -2.44. The zero-order valence-electron chi connectivity index (χ0n) is 18.4. The van der Waals surface area contributed by atoms with E-state index in [2.05, 4.69) is 5.32 Å². The second-order valence-corrected chi connectivity index (χ2v) is 9.01. The highest BCUT2D eigenvalue weighted by Gasteiger charge is 2.39. The van der Waals surface area contributed by atoms with Gasteiger partial charge in [0.2, 0.25) is 0 Å². The van der Waals surface area contributed by atoms with Crippen LogP contribution in [0.3, 0.4) is 0 Å². The van der Waals surface area contributed by atoms with Gasteiger partial charge < -0.3 is 15.0 Å². The van der Waals surface area contributed by atoms with Gasteiger partial charge in [-0.25, -0.2) is 14.1 Å². The highest BCUT2D eigenvalue weighted by Crippen LogP contribution is 2.36. The maximum absolute atomic E-state index is 14.9. The van der Waals surface area contributed by atoms with Crippen molar-refractivity contribution >= 4 is 29.3 Å². The summed E-state index contributed by atoms with van der Waals surface area (Å²) in [6.07, 6.45) is 0.891. The van der Waals surface area contributed by atoms with E-state index in [1.54, 1.807) is 35.2 Å². The molecule has 8 heteroatoms. The first-order valence-corrected chi connectivity index (χ1v) is 10.7. The predicted octanol–water partition coefficient (Wildman–Crippen LogP) is 4.44. The quantitative estimate of drug-likeness (QED) is 0.716. The molecule has 1 saturated heterocycles. The van der Waals surface area contributed by atoms with Crippen LogP contribution in [0.1, 0.15) is 54.3 Å². The van der Waals surface area contributed by atoms with Gasteiger partial charge in [-0.2, -0.15) is 0 Å². The molecule has 0 atom stereocenters. The van der Waals surface area contributed by atoms with E-state index in [-0.39, 0.29) is 28.9 Å². The number of likely N-dealkylation sites (tertiary alicyclic amines) is 1. The minimum atomic E-state index is -0.657. The largest absolute Gasteiger partial charge is 0.444 e. The molecule has 168 valence electrons. The molecule has 2 aromatic carbocycles. The van der Waals surface area contributed by atoms with Crippen molar-refractivity contribution in [2.45, 2.75) is 45.3 Å². The van der Waals surface area contributed by atoms with Crippen LogP contribution in [-0.4, -0.2) is 47.5 Å². The van der Waals surface area contributed by atoms with Gasteiger partial charge >= 0.3 is 6.09 Å². The van der Waals surface area contributed by atoms with Crippen molar-refractivity contribution in [1.82, 2.24) is 4.90 Å². The van der Waals surface area contributed by atoms with Gasteiger partial charge in [0.05, 0.1) is 16.8 Å². The number of fused-ring (bicyclic) bond motifs is 1. The fraction of sp³-hybridized carbons (Fsp3) is 0.375. The first kappa shape index (κ1) is 21.8. The number of halogens is 1. The number of hydrogen-bond donors (Lipinski definition) is 1. The van der Waals surface area contributed by atoms with Crippen LogP contribution in [-0.2, 0) is 4.74 Å². The third-order valence-corrected chi connectivity index (χ3v) is 5.51. The fourth-order valence-electron chi connectivity index (χ4n) is 4.00. The van der Waals surface area contributed by atoms with Gasteiger partial charge in [0.15, 0.2) is 0 Å². The van der Waals surface area contributed by atoms with Crippen LogP contribution in [0.4, 0.5) is 20.6 Å². The van der Waals surface area contributed by atoms with E-state index in [4.69, 9.17) is 4.74 Å². The third-order valence-electron chi connectivity index (χ3n) is 5.51. The summed E-state index contributed by atoms with van der Waals surface area (Å²) < 4.78 is 20.3. The highest BCUT2D eigenvalue weighted by molar-refractivity contribution is 6.35. The average Bonchev–Trinajstić information content (AvgIpc) is 2.98. The summed E-state index contributed by atoms with van der Waals surface area (Å²) in [6, 6.07) is 10.8. The molecule has 1 N–H and O–H groups in total. The lowest BCUT2D eigenvalue weighted by molar-refractivity contribution is 0.0210. The van der Waals surface area contributed by atoms with Crippen molar-refractivity contribution in [3.63, 3.8) is 0 Å². The molecule has 0 spiro atoms. The van der Waals surface area contributed by atoms with Crippen LogP contribution in [0.5, 0.6) is 0 Å². The molecule has 7 nitrogen and oxygen atoms in total. The Balaban J connectivity index is 1.51. The van der Waals surface area contributed by atoms with Crippen LogP contribution in [0.25, 0.3) is 0 Å². The molecule has 0 aromatic heterocycles. The molecule has 0 bridgehead atoms. The number of carbonyl (C=O) groups is 3. The molecule has 3 amide bonds. The van der Waals surface area contributed by atoms with Crippen molar-refractivity contribution in [3.8, 4) is 0 Å². The minimum Gasteiger partial charge on any atom is -0.444 e. The first-order valence-electron chi connectivity index (χ1n) is 10.7. The summed E-state index contributed by atoms with van der Waals surface area (Å²) in [5.41, 5.74) is 0.257. The summed E-state index contributed by atoms with van der Waals surface area (Å²) in [5.74, 6) is -1.74. The SMILES string of the molecule is CC(C)(C)OC(=O)N1CCC(Nc2cccc(F)c2N2C(=O)c3ccccc3C2=O)CC1. The Hall–Kier alpha value is -3.42. The molecule has 1 fully saturated rings. The van der Waals surface area contributed by atoms with Crippen LogP contribution < -0.4 is 10.2 Å². The molecule has 2 aliphatic rings. The first-order chi connectivity index (χ1) is 15.2. The maximum atomic E-state index is 14.9. The minimum absolute atomic E-state index is 0.0515. The molecule has 32 heavy (non-hydrogen) atoms. The fourth-order valence-corrected chi connectivity index (χ4v) is 4.00. The monoisotopic (exact) mass is 439 g/mol. The van der Waals surface area contributed by atoms with Gasteiger partial charge in [0.1, 0.15) is 17.1 Å². The molecule has 2 aromatic rings. The number of nitrogens with one attached hydrogen (secondary N) is 1. The van der Waals surface area contributed by atoms with E-state index in [9.17, 15) is 18.8 Å². The molecule has 0 saturated carbocycles. The Kier molecular flexibility index (Phi) is 5.62. The highest BCUT2D eigenvalue weighted by atomic mass is 19.1. The zero-order chi connectivity index (χ0) is 23.0. The van der Waals surface area contributed by atoms with Crippen LogP contribution in [0, 0.1) is 5.82 Å². The standard InChI is InChI=1S/C24H26FN3O4/c1-24(2,3)32-23(31)27-13-11-15(12-14-27)26-19-10-6-9-18(25)20(19)28-21(29)16-7-4-5-8-17(16)22(28)30/h4-10,15,26H,11-14H2,1-3H3. The Morgan fingerprint density at radius 1 is 1.00 bits per heavy atom. The van der Waals surface area contributed by atoms with Gasteiger partial charge in [0, 0.05) is 19.1 Å². The molecule has 0 unspecified atom stereocenters. The van der Waals surface area contributed by atoms with Gasteiger partial charge in [-0.1, -0.05) is 18.2 Å².